The largest absolute Gasteiger partial charge is 0.481 e. The van der Waals surface area contributed by atoms with Gasteiger partial charge in [0.25, 0.3) is 0 Å². The van der Waals surface area contributed by atoms with Gasteiger partial charge in [-0.05, 0) is 44.0 Å². The SMILES string of the molecule is CC(C)n1ccc(CC(Cc2ccc(Cl)cc2)C(=O)O)n1. The number of aromatic nitrogens is 2. The van der Waals surface area contributed by atoms with E-state index in [0.717, 1.165) is 11.3 Å². The van der Waals surface area contributed by atoms with Crippen LogP contribution in [0.25, 0.3) is 0 Å². The van der Waals surface area contributed by atoms with Crippen molar-refractivity contribution < 1.29 is 9.90 Å². The summed E-state index contributed by atoms with van der Waals surface area (Å²) < 4.78 is 1.84. The monoisotopic (exact) mass is 306 g/mol. The molecule has 0 radical (unpaired) electrons. The van der Waals surface area contributed by atoms with Crippen LogP contribution in [-0.4, -0.2) is 20.9 Å². The standard InChI is InChI=1S/C16H19ClN2O2/c1-11(2)19-8-7-15(18-19)10-13(16(20)21)9-12-3-5-14(17)6-4-12/h3-8,11,13H,9-10H2,1-2H3,(H,20,21). The average molecular weight is 307 g/mol. The van der Waals surface area contributed by atoms with Crippen LogP contribution in [0.15, 0.2) is 36.5 Å². The van der Waals surface area contributed by atoms with Crippen molar-refractivity contribution in [2.24, 2.45) is 5.92 Å². The minimum Gasteiger partial charge on any atom is -0.481 e. The molecule has 1 aromatic carbocycles. The van der Waals surface area contributed by atoms with Gasteiger partial charge in [-0.1, -0.05) is 23.7 Å². The van der Waals surface area contributed by atoms with Crippen molar-refractivity contribution >= 4 is 17.6 Å². The van der Waals surface area contributed by atoms with Gasteiger partial charge in [-0.25, -0.2) is 0 Å². The van der Waals surface area contributed by atoms with Crippen LogP contribution in [0.3, 0.4) is 0 Å². The molecular formula is C16H19ClN2O2. The third-order valence-corrected chi connectivity index (χ3v) is 3.64. The molecule has 0 saturated heterocycles. The predicted octanol–water partition coefficient (Wildman–Crippen LogP) is 3.60. The Morgan fingerprint density at radius 1 is 1.24 bits per heavy atom. The normalized spacial score (nSPS) is 12.6. The van der Waals surface area contributed by atoms with Crippen molar-refractivity contribution in [3.63, 3.8) is 0 Å². The first kappa shape index (κ1) is 15.6. The molecule has 1 heterocycles. The molecule has 5 heteroatoms. The Bertz CT molecular complexity index is 605. The van der Waals surface area contributed by atoms with Crippen molar-refractivity contribution in [2.75, 3.05) is 0 Å². The van der Waals surface area contributed by atoms with Crippen LogP contribution in [0.5, 0.6) is 0 Å². The van der Waals surface area contributed by atoms with Crippen molar-refractivity contribution in [3.8, 4) is 0 Å². The zero-order valence-electron chi connectivity index (χ0n) is 12.2. The van der Waals surface area contributed by atoms with E-state index in [1.54, 1.807) is 12.1 Å². The Morgan fingerprint density at radius 3 is 2.43 bits per heavy atom. The van der Waals surface area contributed by atoms with E-state index < -0.39 is 11.9 Å². The molecule has 2 aromatic rings. The number of carbonyl (C=O) groups is 1. The van der Waals surface area contributed by atoms with Gasteiger partial charge in [0.05, 0.1) is 11.6 Å². The molecule has 0 aliphatic rings. The third-order valence-electron chi connectivity index (χ3n) is 3.39. The lowest BCUT2D eigenvalue weighted by molar-refractivity contribution is -0.141. The number of benzene rings is 1. The second kappa shape index (κ2) is 6.76. The first-order valence-electron chi connectivity index (χ1n) is 6.97. The van der Waals surface area contributed by atoms with Crippen molar-refractivity contribution in [1.82, 2.24) is 9.78 Å². The van der Waals surface area contributed by atoms with Gasteiger partial charge >= 0.3 is 5.97 Å². The van der Waals surface area contributed by atoms with Crippen LogP contribution in [0, 0.1) is 5.92 Å². The van der Waals surface area contributed by atoms with E-state index in [1.807, 2.05) is 42.9 Å². The molecule has 1 atom stereocenters. The van der Waals surface area contributed by atoms with Gasteiger partial charge in [0.15, 0.2) is 0 Å². The molecule has 0 bridgehead atoms. The first-order valence-corrected chi connectivity index (χ1v) is 7.35. The van der Waals surface area contributed by atoms with E-state index in [2.05, 4.69) is 5.10 Å². The molecule has 0 spiro atoms. The summed E-state index contributed by atoms with van der Waals surface area (Å²) in [5.74, 6) is -1.29. The second-order valence-electron chi connectivity index (χ2n) is 5.45. The summed E-state index contributed by atoms with van der Waals surface area (Å²) in [6.07, 6.45) is 2.79. The highest BCUT2D eigenvalue weighted by atomic mass is 35.5. The molecule has 1 aromatic heterocycles. The molecule has 0 aliphatic carbocycles. The van der Waals surface area contributed by atoms with E-state index in [4.69, 9.17) is 11.6 Å². The van der Waals surface area contributed by atoms with Gasteiger partial charge in [-0.15, -0.1) is 0 Å². The topological polar surface area (TPSA) is 55.1 Å². The Kier molecular flexibility index (Phi) is 5.02. The number of hydrogen-bond acceptors (Lipinski definition) is 2. The summed E-state index contributed by atoms with van der Waals surface area (Å²) >= 11 is 5.84. The van der Waals surface area contributed by atoms with Crippen LogP contribution in [0.2, 0.25) is 5.02 Å². The van der Waals surface area contributed by atoms with Crippen LogP contribution in [0.1, 0.15) is 31.1 Å². The summed E-state index contributed by atoms with van der Waals surface area (Å²) in [4.78, 5) is 11.5. The summed E-state index contributed by atoms with van der Waals surface area (Å²) in [5.41, 5.74) is 1.78. The second-order valence-corrected chi connectivity index (χ2v) is 5.89. The third kappa shape index (κ3) is 4.33. The Hall–Kier alpha value is -1.81. The minimum atomic E-state index is -0.802. The van der Waals surface area contributed by atoms with Crippen LogP contribution < -0.4 is 0 Å². The summed E-state index contributed by atoms with van der Waals surface area (Å²) in [5, 5.41) is 14.5. The lowest BCUT2D eigenvalue weighted by Gasteiger charge is -2.11. The van der Waals surface area contributed by atoms with Crippen molar-refractivity contribution in [3.05, 3.63) is 52.8 Å². The maximum absolute atomic E-state index is 11.5. The van der Waals surface area contributed by atoms with Crippen molar-refractivity contribution in [1.29, 1.82) is 0 Å². The smallest absolute Gasteiger partial charge is 0.307 e. The molecule has 0 aliphatic heterocycles. The Balaban J connectivity index is 2.08. The van der Waals surface area contributed by atoms with Gasteiger partial charge in [0, 0.05) is 23.7 Å². The first-order chi connectivity index (χ1) is 9.95. The van der Waals surface area contributed by atoms with Gasteiger partial charge in [0.2, 0.25) is 0 Å². The van der Waals surface area contributed by atoms with Gasteiger partial charge in [0.1, 0.15) is 0 Å². The average Bonchev–Trinajstić information content (AvgIpc) is 2.89. The van der Waals surface area contributed by atoms with Gasteiger partial charge in [-0.3, -0.25) is 9.48 Å². The molecule has 0 fully saturated rings. The number of hydrogen-bond donors (Lipinski definition) is 1. The lowest BCUT2D eigenvalue weighted by Crippen LogP contribution is -2.19. The Labute approximate surface area is 129 Å². The summed E-state index contributed by atoms with van der Waals surface area (Å²) in [6.45, 7) is 4.08. The lowest BCUT2D eigenvalue weighted by atomic mass is 9.95. The predicted molar refractivity (Wildman–Crippen MR) is 82.6 cm³/mol. The van der Waals surface area contributed by atoms with E-state index in [0.29, 0.717) is 17.9 Å². The zero-order valence-corrected chi connectivity index (χ0v) is 12.9. The minimum absolute atomic E-state index is 0.276. The molecule has 1 N–H and O–H groups in total. The van der Waals surface area contributed by atoms with E-state index in [9.17, 15) is 9.90 Å². The number of halogens is 1. The molecule has 4 nitrogen and oxygen atoms in total. The molecule has 0 saturated carbocycles. The van der Waals surface area contributed by atoms with Crippen LogP contribution in [-0.2, 0) is 17.6 Å². The highest BCUT2D eigenvalue weighted by molar-refractivity contribution is 6.30. The fraction of sp³-hybridized carbons (Fsp3) is 0.375. The highest BCUT2D eigenvalue weighted by Crippen LogP contribution is 2.17. The molecule has 21 heavy (non-hydrogen) atoms. The molecule has 112 valence electrons. The summed E-state index contributed by atoms with van der Waals surface area (Å²) in [6, 6.07) is 9.46. The quantitative estimate of drug-likeness (QED) is 0.887. The molecule has 0 amide bonds. The highest BCUT2D eigenvalue weighted by Gasteiger charge is 2.20. The molecular weight excluding hydrogens is 288 g/mol. The number of rotatable bonds is 6. The van der Waals surface area contributed by atoms with Crippen LogP contribution in [0.4, 0.5) is 0 Å². The number of nitrogens with zero attached hydrogens (tertiary/aromatic N) is 2. The zero-order chi connectivity index (χ0) is 15.4. The van der Waals surface area contributed by atoms with Crippen LogP contribution >= 0.6 is 11.6 Å². The number of carboxylic acid groups (broad SMARTS) is 1. The van der Waals surface area contributed by atoms with E-state index >= 15 is 0 Å². The molecule has 1 unspecified atom stereocenters. The van der Waals surface area contributed by atoms with E-state index in [-0.39, 0.29) is 6.04 Å². The maximum Gasteiger partial charge on any atom is 0.307 e. The Morgan fingerprint density at radius 2 is 1.90 bits per heavy atom. The number of aliphatic carboxylic acids is 1. The van der Waals surface area contributed by atoms with E-state index in [1.165, 1.54) is 0 Å². The maximum atomic E-state index is 11.5. The fourth-order valence-electron chi connectivity index (χ4n) is 2.18. The van der Waals surface area contributed by atoms with Gasteiger partial charge in [-0.2, -0.15) is 5.10 Å². The van der Waals surface area contributed by atoms with Gasteiger partial charge < -0.3 is 5.11 Å². The summed E-state index contributed by atoms with van der Waals surface area (Å²) in [7, 11) is 0. The fourth-order valence-corrected chi connectivity index (χ4v) is 2.30. The van der Waals surface area contributed by atoms with Crippen molar-refractivity contribution in [2.45, 2.75) is 32.7 Å². The molecule has 2 rings (SSSR count). The number of carboxylic acids is 1.